The van der Waals surface area contributed by atoms with Gasteiger partial charge in [-0.3, -0.25) is 4.79 Å². The van der Waals surface area contributed by atoms with Crippen LogP contribution in [-0.2, 0) is 6.54 Å². The van der Waals surface area contributed by atoms with E-state index in [0.29, 0.717) is 28.9 Å². The Morgan fingerprint density at radius 3 is 2.14 bits per heavy atom. The van der Waals surface area contributed by atoms with Gasteiger partial charge in [-0.15, -0.1) is 0 Å². The molecule has 0 aliphatic carbocycles. The Morgan fingerprint density at radius 2 is 1.54 bits per heavy atom. The third-order valence-corrected chi connectivity index (χ3v) is 4.62. The van der Waals surface area contributed by atoms with Crippen LogP contribution in [0.25, 0.3) is 11.1 Å². The summed E-state index contributed by atoms with van der Waals surface area (Å²) in [6.45, 7) is 0.315. The molecule has 5 nitrogen and oxygen atoms in total. The Morgan fingerprint density at radius 1 is 0.929 bits per heavy atom. The topological polar surface area (TPSA) is 83.6 Å². The Kier molecular flexibility index (Phi) is 5.57. The van der Waals surface area contributed by atoms with Crippen LogP contribution in [0, 0.1) is 0 Å². The van der Waals surface area contributed by atoms with Gasteiger partial charge < -0.3 is 15.7 Å². The first kappa shape index (κ1) is 19.3. The van der Waals surface area contributed by atoms with Gasteiger partial charge in [0.1, 0.15) is 0 Å². The molecule has 0 bridgehead atoms. The number of nitrogens with two attached hydrogens (primary N) is 1. The van der Waals surface area contributed by atoms with Crippen LogP contribution in [-0.4, -0.2) is 31.0 Å². The second-order valence-corrected chi connectivity index (χ2v) is 6.68. The minimum atomic E-state index is -1.09. The van der Waals surface area contributed by atoms with Crippen molar-refractivity contribution in [1.29, 1.82) is 0 Å². The van der Waals surface area contributed by atoms with E-state index >= 15 is 0 Å². The second kappa shape index (κ2) is 8.06. The lowest BCUT2D eigenvalue weighted by Crippen LogP contribution is -2.19. The highest BCUT2D eigenvalue weighted by atomic mass is 16.4. The van der Waals surface area contributed by atoms with E-state index in [1.54, 1.807) is 55.4 Å². The molecule has 5 heteroatoms. The first-order chi connectivity index (χ1) is 13.4. The highest BCUT2D eigenvalue weighted by molar-refractivity contribution is 6.15. The molecule has 0 aliphatic rings. The van der Waals surface area contributed by atoms with E-state index < -0.39 is 5.97 Å². The molecule has 0 aromatic heterocycles. The number of nitrogens with zero attached hydrogens (tertiary/aromatic N) is 1. The molecule has 28 heavy (non-hydrogen) atoms. The summed E-state index contributed by atoms with van der Waals surface area (Å²) in [6.07, 6.45) is 0. The molecule has 0 heterocycles. The average Bonchev–Trinajstić information content (AvgIpc) is 2.72. The minimum absolute atomic E-state index is 0.0774. The largest absolute Gasteiger partial charge is 0.478 e. The summed E-state index contributed by atoms with van der Waals surface area (Å²) >= 11 is 0. The Bertz CT molecular complexity index is 1030. The fourth-order valence-corrected chi connectivity index (χ4v) is 3.33. The smallest absolute Gasteiger partial charge is 0.337 e. The van der Waals surface area contributed by atoms with E-state index in [1.807, 2.05) is 30.3 Å². The van der Waals surface area contributed by atoms with E-state index in [1.165, 1.54) is 0 Å². The quantitative estimate of drug-likeness (QED) is 0.641. The number of aromatic carboxylic acids is 1. The predicted molar refractivity (Wildman–Crippen MR) is 111 cm³/mol. The molecule has 3 aromatic carbocycles. The van der Waals surface area contributed by atoms with E-state index in [4.69, 9.17) is 5.73 Å². The number of rotatable bonds is 6. The number of hydrogen-bond acceptors (Lipinski definition) is 4. The lowest BCUT2D eigenvalue weighted by molar-refractivity contribution is 0.0697. The molecule has 0 radical (unpaired) electrons. The highest BCUT2D eigenvalue weighted by Gasteiger charge is 2.23. The number of ketones is 1. The van der Waals surface area contributed by atoms with Gasteiger partial charge in [0.05, 0.1) is 11.3 Å². The highest BCUT2D eigenvalue weighted by Crippen LogP contribution is 2.34. The molecular formula is C23H22N2O3. The number of anilines is 1. The summed E-state index contributed by atoms with van der Waals surface area (Å²) in [4.78, 5) is 26.9. The number of carbonyl (C=O) groups excluding carboxylic acids is 1. The Labute approximate surface area is 164 Å². The number of carbonyl (C=O) groups is 2. The van der Waals surface area contributed by atoms with Crippen LogP contribution >= 0.6 is 0 Å². The standard InChI is InChI=1S/C23H22N2O3/c1-25(2)21-19(22(26)15-8-4-3-5-9-15)12-17(13-20(21)23(27)28)18-11-7-6-10-16(18)14-24/h3-13H,14,24H2,1-2H3,(H,27,28). The van der Waals surface area contributed by atoms with Crippen molar-refractivity contribution in [1.82, 2.24) is 0 Å². The van der Waals surface area contributed by atoms with Crippen molar-refractivity contribution in [2.24, 2.45) is 5.73 Å². The Balaban J connectivity index is 2.31. The van der Waals surface area contributed by atoms with Crippen molar-refractivity contribution in [3.63, 3.8) is 0 Å². The third kappa shape index (κ3) is 3.66. The van der Waals surface area contributed by atoms with Crippen LogP contribution in [0.3, 0.4) is 0 Å². The Hall–Kier alpha value is -3.44. The summed E-state index contributed by atoms with van der Waals surface area (Å²) < 4.78 is 0. The molecule has 3 aromatic rings. The summed E-state index contributed by atoms with van der Waals surface area (Å²) in [7, 11) is 3.47. The van der Waals surface area contributed by atoms with E-state index in [2.05, 4.69) is 0 Å². The maximum Gasteiger partial charge on any atom is 0.337 e. The zero-order valence-electron chi connectivity index (χ0n) is 15.8. The van der Waals surface area contributed by atoms with Gasteiger partial charge in [-0.05, 0) is 28.8 Å². The van der Waals surface area contributed by atoms with Crippen molar-refractivity contribution < 1.29 is 14.7 Å². The van der Waals surface area contributed by atoms with Gasteiger partial charge in [0.2, 0.25) is 0 Å². The minimum Gasteiger partial charge on any atom is -0.478 e. The van der Waals surface area contributed by atoms with Crippen molar-refractivity contribution in [2.45, 2.75) is 6.54 Å². The van der Waals surface area contributed by atoms with Gasteiger partial charge >= 0.3 is 5.97 Å². The van der Waals surface area contributed by atoms with Gasteiger partial charge in [0, 0.05) is 31.8 Å². The van der Waals surface area contributed by atoms with Crippen LogP contribution < -0.4 is 10.6 Å². The molecule has 3 rings (SSSR count). The molecule has 0 amide bonds. The molecule has 0 spiro atoms. The molecule has 0 aliphatic heterocycles. The van der Waals surface area contributed by atoms with E-state index in [0.717, 1.165) is 11.1 Å². The van der Waals surface area contributed by atoms with Crippen molar-refractivity contribution in [3.8, 4) is 11.1 Å². The first-order valence-corrected chi connectivity index (χ1v) is 8.90. The lowest BCUT2D eigenvalue weighted by Gasteiger charge is -2.21. The van der Waals surface area contributed by atoms with Gasteiger partial charge in [-0.1, -0.05) is 54.6 Å². The van der Waals surface area contributed by atoms with Crippen LogP contribution in [0.15, 0.2) is 66.7 Å². The lowest BCUT2D eigenvalue weighted by atomic mass is 9.91. The molecular weight excluding hydrogens is 352 g/mol. The van der Waals surface area contributed by atoms with E-state index in [9.17, 15) is 14.7 Å². The average molecular weight is 374 g/mol. The summed E-state index contributed by atoms with van der Waals surface area (Å²) in [5.41, 5.74) is 9.53. The van der Waals surface area contributed by atoms with Gasteiger partial charge in [0.25, 0.3) is 0 Å². The molecule has 0 unspecified atom stereocenters. The van der Waals surface area contributed by atoms with Crippen LogP contribution in [0.5, 0.6) is 0 Å². The molecule has 3 N–H and O–H groups in total. The number of carboxylic acids is 1. The van der Waals surface area contributed by atoms with Crippen LogP contribution in [0.1, 0.15) is 31.8 Å². The number of carboxylic acid groups (broad SMARTS) is 1. The fourth-order valence-electron chi connectivity index (χ4n) is 3.33. The maximum absolute atomic E-state index is 13.2. The maximum atomic E-state index is 13.2. The SMILES string of the molecule is CN(C)c1c(C(=O)O)cc(-c2ccccc2CN)cc1C(=O)c1ccccc1. The summed E-state index contributed by atoms with van der Waals surface area (Å²) in [6, 6.07) is 19.7. The number of benzene rings is 3. The molecule has 0 saturated heterocycles. The first-order valence-electron chi connectivity index (χ1n) is 8.90. The molecule has 0 saturated carbocycles. The predicted octanol–water partition coefficient (Wildman–Crippen LogP) is 3.81. The summed E-state index contributed by atoms with van der Waals surface area (Å²) in [5, 5.41) is 9.83. The van der Waals surface area contributed by atoms with Gasteiger partial charge in [-0.2, -0.15) is 0 Å². The third-order valence-electron chi connectivity index (χ3n) is 4.62. The van der Waals surface area contributed by atoms with Crippen LogP contribution in [0.4, 0.5) is 5.69 Å². The van der Waals surface area contributed by atoms with Crippen molar-refractivity contribution >= 4 is 17.4 Å². The monoisotopic (exact) mass is 374 g/mol. The second-order valence-electron chi connectivity index (χ2n) is 6.68. The van der Waals surface area contributed by atoms with Gasteiger partial charge in [0.15, 0.2) is 5.78 Å². The van der Waals surface area contributed by atoms with Crippen LogP contribution in [0.2, 0.25) is 0 Å². The van der Waals surface area contributed by atoms with Gasteiger partial charge in [-0.25, -0.2) is 4.79 Å². The molecule has 142 valence electrons. The zero-order chi connectivity index (χ0) is 20.3. The molecule has 0 fully saturated rings. The fraction of sp³-hybridized carbons (Fsp3) is 0.130. The van der Waals surface area contributed by atoms with Crippen molar-refractivity contribution in [3.05, 3.63) is 89.0 Å². The van der Waals surface area contributed by atoms with Crippen molar-refractivity contribution in [2.75, 3.05) is 19.0 Å². The number of hydrogen-bond donors (Lipinski definition) is 2. The normalized spacial score (nSPS) is 10.5. The zero-order valence-corrected chi connectivity index (χ0v) is 15.8. The van der Waals surface area contributed by atoms with E-state index in [-0.39, 0.29) is 11.3 Å². The summed E-state index contributed by atoms with van der Waals surface area (Å²) in [5.74, 6) is -1.31. The molecule has 0 atom stereocenters.